The van der Waals surface area contributed by atoms with Crippen LogP contribution in [0.2, 0.25) is 0 Å². The first kappa shape index (κ1) is 8.58. The molecule has 2 rings (SSSR count). The van der Waals surface area contributed by atoms with E-state index in [0.717, 1.165) is 4.60 Å². The van der Waals surface area contributed by atoms with E-state index in [1.807, 2.05) is 5.38 Å². The molecule has 2 aromatic heterocycles. The lowest BCUT2D eigenvalue weighted by Gasteiger charge is -1.96. The van der Waals surface area contributed by atoms with E-state index in [1.54, 1.807) is 12.3 Å². The molecule has 6 heteroatoms. The van der Waals surface area contributed by atoms with Gasteiger partial charge in [0, 0.05) is 17.8 Å². The molecule has 0 aliphatic rings. The zero-order valence-electron chi connectivity index (χ0n) is 6.35. The Hall–Kier alpha value is -1.01. The number of aromatic nitrogens is 3. The molecule has 2 aromatic rings. The Balaban J connectivity index is 2.59. The number of hydrogen-bond donors (Lipinski definition) is 0. The average molecular weight is 258 g/mol. The van der Waals surface area contributed by atoms with Crippen LogP contribution in [0.25, 0.3) is 5.13 Å². The van der Waals surface area contributed by atoms with Crippen LogP contribution in [0.15, 0.2) is 33.2 Å². The zero-order chi connectivity index (χ0) is 9.26. The third-order valence-corrected chi connectivity index (χ3v) is 2.93. The fourth-order valence-corrected chi connectivity index (χ4v) is 2.08. The summed E-state index contributed by atoms with van der Waals surface area (Å²) < 4.78 is 2.12. The molecule has 4 nitrogen and oxygen atoms in total. The maximum Gasteiger partial charge on any atom is 0.353 e. The molecule has 0 atom stereocenters. The minimum Gasteiger partial charge on any atom is -0.245 e. The van der Waals surface area contributed by atoms with Crippen LogP contribution in [0.1, 0.15) is 0 Å². The van der Waals surface area contributed by atoms with Crippen LogP contribution in [0.5, 0.6) is 0 Å². The molecule has 0 fully saturated rings. The molecule has 0 N–H and O–H groups in total. The molecule has 0 aromatic carbocycles. The summed E-state index contributed by atoms with van der Waals surface area (Å²) in [5.74, 6) is 0. The average Bonchev–Trinajstić information content (AvgIpc) is 2.53. The van der Waals surface area contributed by atoms with Gasteiger partial charge in [-0.3, -0.25) is 0 Å². The Kier molecular flexibility index (Phi) is 2.24. The highest BCUT2D eigenvalue weighted by Crippen LogP contribution is 2.16. The Morgan fingerprint density at radius 1 is 1.54 bits per heavy atom. The van der Waals surface area contributed by atoms with Gasteiger partial charge in [0.1, 0.15) is 4.60 Å². The summed E-state index contributed by atoms with van der Waals surface area (Å²) in [4.78, 5) is 19.0. The molecular formula is C7H4BrN3OS. The van der Waals surface area contributed by atoms with Crippen LogP contribution in [-0.2, 0) is 0 Å². The van der Waals surface area contributed by atoms with Gasteiger partial charge in [-0.1, -0.05) is 0 Å². The van der Waals surface area contributed by atoms with Gasteiger partial charge in [0.25, 0.3) is 0 Å². The molecule has 0 aliphatic carbocycles. The molecule has 0 saturated carbocycles. The Morgan fingerprint density at radius 2 is 2.38 bits per heavy atom. The summed E-state index contributed by atoms with van der Waals surface area (Å²) in [5.41, 5.74) is -0.315. The van der Waals surface area contributed by atoms with Gasteiger partial charge in [-0.2, -0.15) is 0 Å². The van der Waals surface area contributed by atoms with Crippen molar-refractivity contribution in [1.29, 1.82) is 0 Å². The van der Waals surface area contributed by atoms with Crippen LogP contribution in [0, 0.1) is 0 Å². The number of rotatable bonds is 1. The molecule has 66 valence electrons. The summed E-state index contributed by atoms with van der Waals surface area (Å²) in [6.45, 7) is 0. The van der Waals surface area contributed by atoms with Crippen molar-refractivity contribution < 1.29 is 0 Å². The normalized spacial score (nSPS) is 10.2. The van der Waals surface area contributed by atoms with E-state index < -0.39 is 0 Å². The molecule has 0 aliphatic heterocycles. The summed E-state index contributed by atoms with van der Waals surface area (Å²) >= 11 is 4.60. The van der Waals surface area contributed by atoms with Gasteiger partial charge in [0.05, 0.1) is 0 Å². The lowest BCUT2D eigenvalue weighted by molar-refractivity contribution is 0.901. The first-order valence-corrected chi connectivity index (χ1v) is 5.10. The third kappa shape index (κ3) is 1.68. The molecule has 0 bridgehead atoms. The molecule has 0 radical (unpaired) electrons. The number of hydrogen-bond acceptors (Lipinski definition) is 4. The highest BCUT2D eigenvalue weighted by atomic mass is 79.9. The predicted octanol–water partition coefficient (Wildman–Crippen LogP) is 1.45. The van der Waals surface area contributed by atoms with Crippen molar-refractivity contribution in [1.82, 2.24) is 14.5 Å². The van der Waals surface area contributed by atoms with E-state index in [9.17, 15) is 4.79 Å². The van der Waals surface area contributed by atoms with Crippen molar-refractivity contribution in [2.24, 2.45) is 0 Å². The van der Waals surface area contributed by atoms with Crippen LogP contribution >= 0.6 is 27.3 Å². The number of nitrogens with zero attached hydrogens (tertiary/aromatic N) is 3. The zero-order valence-corrected chi connectivity index (χ0v) is 8.75. The minimum absolute atomic E-state index is 0.315. The fourth-order valence-electron chi connectivity index (χ4n) is 0.859. The summed E-state index contributed by atoms with van der Waals surface area (Å²) in [6, 6.07) is 1.69. The van der Waals surface area contributed by atoms with E-state index in [0.29, 0.717) is 5.13 Å². The quantitative estimate of drug-likeness (QED) is 0.777. The van der Waals surface area contributed by atoms with Gasteiger partial charge >= 0.3 is 5.69 Å². The van der Waals surface area contributed by atoms with E-state index in [-0.39, 0.29) is 5.69 Å². The first-order chi connectivity index (χ1) is 6.27. The summed E-state index contributed by atoms with van der Waals surface area (Å²) in [6.07, 6.45) is 3.10. The van der Waals surface area contributed by atoms with E-state index in [1.165, 1.54) is 22.1 Å². The van der Waals surface area contributed by atoms with Crippen molar-refractivity contribution in [3.63, 3.8) is 0 Å². The SMILES string of the molecule is O=c1ncccn1-c1nc(Br)cs1. The van der Waals surface area contributed by atoms with Crippen molar-refractivity contribution in [3.05, 3.63) is 38.9 Å². The Bertz CT molecular complexity index is 478. The van der Waals surface area contributed by atoms with Crippen molar-refractivity contribution in [2.45, 2.75) is 0 Å². The topological polar surface area (TPSA) is 47.8 Å². The van der Waals surface area contributed by atoms with Gasteiger partial charge in [0.15, 0.2) is 5.13 Å². The lowest BCUT2D eigenvalue weighted by atomic mass is 10.7. The molecule has 13 heavy (non-hydrogen) atoms. The van der Waals surface area contributed by atoms with Crippen LogP contribution in [0.3, 0.4) is 0 Å². The smallest absolute Gasteiger partial charge is 0.245 e. The summed E-state index contributed by atoms with van der Waals surface area (Å²) in [7, 11) is 0. The molecular weight excluding hydrogens is 254 g/mol. The third-order valence-electron chi connectivity index (χ3n) is 1.38. The number of halogens is 1. The highest BCUT2D eigenvalue weighted by Gasteiger charge is 2.02. The molecule has 0 spiro atoms. The molecule has 0 saturated heterocycles. The second-order valence-electron chi connectivity index (χ2n) is 2.23. The first-order valence-electron chi connectivity index (χ1n) is 3.42. The van der Waals surface area contributed by atoms with Gasteiger partial charge in [-0.25, -0.2) is 19.3 Å². The van der Waals surface area contributed by atoms with Gasteiger partial charge in [0.2, 0.25) is 0 Å². The van der Waals surface area contributed by atoms with Crippen LogP contribution in [0.4, 0.5) is 0 Å². The van der Waals surface area contributed by atoms with Gasteiger partial charge in [-0.05, 0) is 22.0 Å². The van der Waals surface area contributed by atoms with Crippen molar-refractivity contribution in [3.8, 4) is 5.13 Å². The maximum atomic E-state index is 11.2. The van der Waals surface area contributed by atoms with Crippen molar-refractivity contribution in [2.75, 3.05) is 0 Å². The fraction of sp³-hybridized carbons (Fsp3) is 0. The second-order valence-corrected chi connectivity index (χ2v) is 3.87. The summed E-state index contributed by atoms with van der Waals surface area (Å²) in [5, 5.41) is 2.43. The predicted molar refractivity (Wildman–Crippen MR) is 53.2 cm³/mol. The molecule has 0 amide bonds. The molecule has 0 unspecified atom stereocenters. The van der Waals surface area contributed by atoms with Crippen LogP contribution < -0.4 is 5.69 Å². The van der Waals surface area contributed by atoms with E-state index >= 15 is 0 Å². The Morgan fingerprint density at radius 3 is 3.00 bits per heavy atom. The largest absolute Gasteiger partial charge is 0.353 e. The second kappa shape index (κ2) is 3.39. The lowest BCUT2D eigenvalue weighted by Crippen LogP contribution is -2.19. The van der Waals surface area contributed by atoms with E-state index in [4.69, 9.17) is 0 Å². The maximum absolute atomic E-state index is 11.2. The molecule has 2 heterocycles. The van der Waals surface area contributed by atoms with Gasteiger partial charge in [-0.15, -0.1) is 11.3 Å². The minimum atomic E-state index is -0.315. The number of thiazole rings is 1. The van der Waals surface area contributed by atoms with Gasteiger partial charge < -0.3 is 0 Å². The Labute approximate surface area is 86.0 Å². The van der Waals surface area contributed by atoms with Crippen LogP contribution in [-0.4, -0.2) is 14.5 Å². The highest BCUT2D eigenvalue weighted by molar-refractivity contribution is 9.10. The standard InChI is InChI=1S/C7H4BrN3OS/c8-5-4-13-7(10-5)11-3-1-2-9-6(11)12/h1-4H. The van der Waals surface area contributed by atoms with E-state index in [2.05, 4.69) is 25.9 Å². The monoisotopic (exact) mass is 257 g/mol. The van der Waals surface area contributed by atoms with Crippen molar-refractivity contribution >= 4 is 27.3 Å².